The number of nitrogens with one attached hydrogen (secondary N) is 2. The molecular weight excluding hydrogens is 493 g/mol. The van der Waals surface area contributed by atoms with Crippen LogP contribution in [-0.2, 0) is 6.18 Å². The number of aryl methyl sites for hydroxylation is 1. The summed E-state index contributed by atoms with van der Waals surface area (Å²) < 4.78 is 40.7. The molecule has 0 spiro atoms. The summed E-state index contributed by atoms with van der Waals surface area (Å²) in [7, 11) is 0. The Hall–Kier alpha value is -4.92. The maximum atomic E-state index is 13.1. The highest BCUT2D eigenvalue weighted by Crippen LogP contribution is 2.30. The number of hydrogen-bond acceptors (Lipinski definition) is 3. The van der Waals surface area contributed by atoms with Crippen LogP contribution in [0.2, 0.25) is 0 Å². The molecule has 6 nitrogen and oxygen atoms in total. The van der Waals surface area contributed by atoms with Gasteiger partial charge in [0.1, 0.15) is 0 Å². The Morgan fingerprint density at radius 3 is 2.37 bits per heavy atom. The lowest BCUT2D eigenvalue weighted by atomic mass is 10.1. The van der Waals surface area contributed by atoms with Gasteiger partial charge < -0.3 is 10.6 Å². The number of rotatable bonds is 5. The number of carbonyl (C=O) groups is 2. The van der Waals surface area contributed by atoms with Crippen LogP contribution in [0.3, 0.4) is 0 Å². The fourth-order valence-corrected chi connectivity index (χ4v) is 4.02. The third-order valence-electron chi connectivity index (χ3n) is 6.06. The van der Waals surface area contributed by atoms with Crippen molar-refractivity contribution in [1.82, 2.24) is 9.61 Å². The Morgan fingerprint density at radius 1 is 0.816 bits per heavy atom. The van der Waals surface area contributed by atoms with Crippen molar-refractivity contribution in [2.45, 2.75) is 13.1 Å². The highest BCUT2D eigenvalue weighted by atomic mass is 19.4. The lowest BCUT2D eigenvalue weighted by molar-refractivity contribution is -0.137. The third-order valence-corrected chi connectivity index (χ3v) is 6.06. The highest BCUT2D eigenvalue weighted by Gasteiger charge is 2.31. The molecule has 0 aliphatic heterocycles. The molecule has 2 N–H and O–H groups in total. The number of nitrogens with zero attached hydrogens (tertiary/aromatic N) is 2. The van der Waals surface area contributed by atoms with Gasteiger partial charge in [0, 0.05) is 28.7 Å². The first-order valence-electron chi connectivity index (χ1n) is 11.6. The summed E-state index contributed by atoms with van der Waals surface area (Å²) in [5.74, 6) is -1.09. The molecule has 2 amide bonds. The van der Waals surface area contributed by atoms with E-state index in [1.807, 2.05) is 48.7 Å². The van der Waals surface area contributed by atoms with Crippen molar-refractivity contribution >= 4 is 28.7 Å². The van der Waals surface area contributed by atoms with E-state index in [0.29, 0.717) is 22.5 Å². The van der Waals surface area contributed by atoms with Gasteiger partial charge in [-0.3, -0.25) is 9.59 Å². The average molecular weight is 515 g/mol. The summed E-state index contributed by atoms with van der Waals surface area (Å²) in [6.07, 6.45) is -1.23. The van der Waals surface area contributed by atoms with Crippen molar-refractivity contribution < 1.29 is 22.8 Å². The summed E-state index contributed by atoms with van der Waals surface area (Å²) in [6, 6.07) is 22.6. The van der Waals surface area contributed by atoms with Gasteiger partial charge in [0.15, 0.2) is 0 Å². The molecule has 5 rings (SSSR count). The van der Waals surface area contributed by atoms with Gasteiger partial charge in [-0.25, -0.2) is 4.52 Å². The number of anilines is 2. The van der Waals surface area contributed by atoms with Crippen LogP contribution in [0.1, 0.15) is 31.8 Å². The van der Waals surface area contributed by atoms with Gasteiger partial charge in [-0.05, 0) is 54.4 Å². The number of aromatic nitrogens is 2. The molecule has 0 atom stereocenters. The summed E-state index contributed by atoms with van der Waals surface area (Å²) in [6.45, 7) is 1.79. The molecular formula is C29H21F3N4O2. The Morgan fingerprint density at radius 2 is 1.61 bits per heavy atom. The van der Waals surface area contributed by atoms with Crippen LogP contribution < -0.4 is 10.6 Å². The van der Waals surface area contributed by atoms with Gasteiger partial charge >= 0.3 is 6.18 Å². The quantitative estimate of drug-likeness (QED) is 0.270. The molecule has 0 radical (unpaired) electrons. The summed E-state index contributed by atoms with van der Waals surface area (Å²) in [4.78, 5) is 25.7. The minimum Gasteiger partial charge on any atom is -0.322 e. The van der Waals surface area contributed by atoms with E-state index in [2.05, 4.69) is 15.7 Å². The number of fused-ring (bicyclic) bond motifs is 1. The Balaban J connectivity index is 1.34. The zero-order valence-electron chi connectivity index (χ0n) is 20.1. The van der Waals surface area contributed by atoms with Crippen LogP contribution in [0, 0.1) is 6.92 Å². The van der Waals surface area contributed by atoms with Crippen LogP contribution in [0.15, 0.2) is 97.3 Å². The largest absolute Gasteiger partial charge is 0.416 e. The number of amides is 2. The van der Waals surface area contributed by atoms with E-state index >= 15 is 0 Å². The fraction of sp³-hybridized carbons (Fsp3) is 0.0690. The van der Waals surface area contributed by atoms with E-state index in [9.17, 15) is 22.8 Å². The summed E-state index contributed by atoms with van der Waals surface area (Å²) in [5, 5.41) is 9.75. The number of alkyl halides is 3. The summed E-state index contributed by atoms with van der Waals surface area (Å²) >= 11 is 0. The minimum atomic E-state index is -4.56. The van der Waals surface area contributed by atoms with Gasteiger partial charge in [-0.15, -0.1) is 0 Å². The standard InChI is InChI=1S/C29H21F3N4O2/c1-18-10-12-23(34-27(37)20-8-5-9-22(14-20)29(30,31)32)15-25(18)35-28(38)24-16-33-36-17-21(11-13-26(24)36)19-6-3-2-4-7-19/h2-17H,1H3,(H,34,37)(H,35,38). The fourth-order valence-electron chi connectivity index (χ4n) is 4.02. The van der Waals surface area contributed by atoms with Crippen LogP contribution in [0.25, 0.3) is 16.6 Å². The second kappa shape index (κ2) is 9.85. The van der Waals surface area contributed by atoms with E-state index in [0.717, 1.165) is 28.8 Å². The SMILES string of the molecule is Cc1ccc(NC(=O)c2cccc(C(F)(F)F)c2)cc1NC(=O)c1cnn2cc(-c3ccccc3)ccc12. The molecule has 0 fully saturated rings. The number of hydrogen-bond donors (Lipinski definition) is 2. The third kappa shape index (κ3) is 5.12. The molecule has 2 aromatic heterocycles. The molecule has 0 unspecified atom stereocenters. The van der Waals surface area contributed by atoms with Gasteiger partial charge in [-0.2, -0.15) is 18.3 Å². The molecule has 9 heteroatoms. The first kappa shape index (κ1) is 24.8. The van der Waals surface area contributed by atoms with Gasteiger partial charge in [0.05, 0.1) is 22.8 Å². The molecule has 0 aliphatic carbocycles. The van der Waals surface area contributed by atoms with Crippen LogP contribution >= 0.6 is 0 Å². The smallest absolute Gasteiger partial charge is 0.322 e. The van der Waals surface area contributed by atoms with Crippen molar-refractivity contribution in [2.75, 3.05) is 10.6 Å². The lowest BCUT2D eigenvalue weighted by Gasteiger charge is -2.12. The molecule has 0 saturated heterocycles. The molecule has 5 aromatic rings. The van der Waals surface area contributed by atoms with Crippen molar-refractivity contribution in [2.24, 2.45) is 0 Å². The second-order valence-electron chi connectivity index (χ2n) is 8.69. The molecule has 190 valence electrons. The van der Waals surface area contributed by atoms with E-state index in [1.54, 1.807) is 29.6 Å². The Labute approximate surface area is 215 Å². The summed E-state index contributed by atoms with van der Waals surface area (Å²) in [5.41, 5.74) is 3.41. The van der Waals surface area contributed by atoms with Gasteiger partial charge in [0.25, 0.3) is 11.8 Å². The van der Waals surface area contributed by atoms with Crippen LogP contribution in [0.5, 0.6) is 0 Å². The monoisotopic (exact) mass is 514 g/mol. The van der Waals surface area contributed by atoms with Gasteiger partial charge in [0.2, 0.25) is 0 Å². The molecule has 3 aromatic carbocycles. The van der Waals surface area contributed by atoms with Crippen molar-refractivity contribution in [3.63, 3.8) is 0 Å². The minimum absolute atomic E-state index is 0.132. The number of pyridine rings is 1. The zero-order valence-corrected chi connectivity index (χ0v) is 20.1. The normalized spacial score (nSPS) is 11.4. The molecule has 38 heavy (non-hydrogen) atoms. The Kier molecular flexibility index (Phi) is 6.42. The maximum Gasteiger partial charge on any atom is 0.416 e. The topological polar surface area (TPSA) is 75.5 Å². The molecule has 2 heterocycles. The van der Waals surface area contributed by atoms with Crippen LogP contribution in [0.4, 0.5) is 24.5 Å². The lowest BCUT2D eigenvalue weighted by Crippen LogP contribution is -2.15. The zero-order chi connectivity index (χ0) is 26.9. The second-order valence-corrected chi connectivity index (χ2v) is 8.69. The van der Waals surface area contributed by atoms with E-state index < -0.39 is 23.6 Å². The van der Waals surface area contributed by atoms with E-state index in [4.69, 9.17) is 0 Å². The van der Waals surface area contributed by atoms with Crippen molar-refractivity contribution in [3.05, 3.63) is 120 Å². The van der Waals surface area contributed by atoms with Gasteiger partial charge in [-0.1, -0.05) is 48.5 Å². The Bertz CT molecular complexity index is 1660. The van der Waals surface area contributed by atoms with E-state index in [1.165, 1.54) is 18.3 Å². The predicted molar refractivity (Wildman–Crippen MR) is 139 cm³/mol. The molecule has 0 aliphatic rings. The highest BCUT2D eigenvalue weighted by molar-refractivity contribution is 6.10. The van der Waals surface area contributed by atoms with Crippen LogP contribution in [-0.4, -0.2) is 21.4 Å². The predicted octanol–water partition coefficient (Wildman–Crippen LogP) is 6.83. The number of carbonyl (C=O) groups excluding carboxylic acids is 2. The average Bonchev–Trinajstić information content (AvgIpc) is 3.34. The maximum absolute atomic E-state index is 13.1. The molecule has 0 saturated carbocycles. The molecule has 0 bridgehead atoms. The van der Waals surface area contributed by atoms with Crippen molar-refractivity contribution in [3.8, 4) is 11.1 Å². The first-order valence-corrected chi connectivity index (χ1v) is 11.6. The number of benzene rings is 3. The van der Waals surface area contributed by atoms with E-state index in [-0.39, 0.29) is 5.56 Å². The first-order chi connectivity index (χ1) is 18.2. The number of halogens is 3. The van der Waals surface area contributed by atoms with Crippen molar-refractivity contribution in [1.29, 1.82) is 0 Å².